The Labute approximate surface area is 190 Å². The van der Waals surface area contributed by atoms with Crippen molar-refractivity contribution in [2.24, 2.45) is 0 Å². The molecule has 10 nitrogen and oxygen atoms in total. The molecule has 0 spiro atoms. The van der Waals surface area contributed by atoms with Gasteiger partial charge in [0.2, 0.25) is 11.3 Å². The number of carbonyl (C=O) groups excluding carboxylic acids is 1. The van der Waals surface area contributed by atoms with Crippen LogP contribution in [0.25, 0.3) is 5.52 Å². The fourth-order valence-corrected chi connectivity index (χ4v) is 3.83. The van der Waals surface area contributed by atoms with Crippen LogP contribution in [0, 0.1) is 23.7 Å². The van der Waals surface area contributed by atoms with Crippen LogP contribution in [0.3, 0.4) is 0 Å². The molecule has 1 fully saturated rings. The number of benzene rings is 1. The molecule has 0 radical (unpaired) electrons. The summed E-state index contributed by atoms with van der Waals surface area (Å²) >= 11 is 0. The molecule has 0 bridgehead atoms. The zero-order valence-electron chi connectivity index (χ0n) is 18.5. The maximum atomic E-state index is 12.2. The molecule has 1 aliphatic rings. The average Bonchev–Trinajstić information content (AvgIpc) is 3.46. The van der Waals surface area contributed by atoms with Crippen LogP contribution in [-0.2, 0) is 4.79 Å². The number of likely N-dealkylation sites (tertiary alicyclic amines) is 1. The smallest absolute Gasteiger partial charge is 0.497 e. The molecule has 1 atom stereocenters. The van der Waals surface area contributed by atoms with E-state index < -0.39 is 0 Å². The van der Waals surface area contributed by atoms with Crippen molar-refractivity contribution in [3.8, 4) is 41.2 Å². The van der Waals surface area contributed by atoms with Crippen LogP contribution < -0.4 is 19.7 Å². The summed E-state index contributed by atoms with van der Waals surface area (Å²) in [5.74, 6) is 12.5. The molecule has 33 heavy (non-hydrogen) atoms. The number of amides is 1. The number of anilines is 1. The number of aromatic hydroxyl groups is 1. The zero-order valence-corrected chi connectivity index (χ0v) is 18.5. The molecule has 168 valence electrons. The number of aromatic nitrogens is 4. The first-order valence-electron chi connectivity index (χ1n) is 10.2. The monoisotopic (exact) mass is 447 g/mol. The number of methoxy groups -OCH3 is 2. The summed E-state index contributed by atoms with van der Waals surface area (Å²) in [7, 11) is 3.14. The van der Waals surface area contributed by atoms with Crippen molar-refractivity contribution in [2.75, 3.05) is 33.0 Å². The summed E-state index contributed by atoms with van der Waals surface area (Å²) in [4.78, 5) is 13.9. The van der Waals surface area contributed by atoms with Crippen molar-refractivity contribution in [3.05, 3.63) is 35.5 Å². The van der Waals surface area contributed by atoms with Crippen LogP contribution in [-0.4, -0.2) is 58.1 Å². The number of hydrogen-bond donors (Lipinski definition) is 2. The van der Waals surface area contributed by atoms with Crippen molar-refractivity contribution in [2.45, 2.75) is 19.4 Å². The van der Waals surface area contributed by atoms with Crippen molar-refractivity contribution < 1.29 is 23.9 Å². The third kappa shape index (κ3) is 4.19. The van der Waals surface area contributed by atoms with Crippen LogP contribution >= 0.6 is 0 Å². The minimum atomic E-state index is -0.326. The van der Waals surface area contributed by atoms with Crippen LogP contribution in [0.4, 0.5) is 5.82 Å². The van der Waals surface area contributed by atoms with Gasteiger partial charge in [0.15, 0.2) is 0 Å². The first kappa shape index (κ1) is 21.8. The van der Waals surface area contributed by atoms with E-state index in [1.54, 1.807) is 55.1 Å². The van der Waals surface area contributed by atoms with E-state index in [2.05, 4.69) is 33.9 Å². The number of nitrogens with zero attached hydrogens (tertiary/aromatic N) is 5. The molecule has 4 rings (SSSR count). The molecule has 3 heterocycles. The number of nitrogens with two attached hydrogens (primary N) is 1. The largest absolute Gasteiger partial charge is 0.545 e. The molecule has 3 N–H and O–H groups in total. The van der Waals surface area contributed by atoms with Gasteiger partial charge in [0.05, 0.1) is 32.0 Å². The number of rotatable bonds is 3. The van der Waals surface area contributed by atoms with Gasteiger partial charge in [0.25, 0.3) is 5.91 Å². The van der Waals surface area contributed by atoms with E-state index in [-0.39, 0.29) is 23.8 Å². The number of hydrogen-bond acceptors (Lipinski definition) is 7. The fourth-order valence-electron chi connectivity index (χ4n) is 3.83. The average molecular weight is 447 g/mol. The third-order valence-corrected chi connectivity index (χ3v) is 5.39. The molecule has 0 saturated carbocycles. The van der Waals surface area contributed by atoms with Crippen molar-refractivity contribution >= 4 is 17.2 Å². The first-order valence-corrected chi connectivity index (χ1v) is 10.2. The van der Waals surface area contributed by atoms with E-state index in [0.29, 0.717) is 47.7 Å². The Bertz CT molecular complexity index is 1340. The van der Waals surface area contributed by atoms with Gasteiger partial charge >= 0.3 is 6.01 Å². The van der Waals surface area contributed by atoms with E-state index in [9.17, 15) is 9.90 Å². The second-order valence-corrected chi connectivity index (χ2v) is 7.39. The molecule has 0 aliphatic carbocycles. The molecule has 1 amide bonds. The number of nitrogen functional groups attached to an aromatic ring is 1. The second kappa shape index (κ2) is 8.97. The standard InChI is InChI=1S/C23H22N6O4/c1-4-5-20(30)27-9-8-17(14-27)28-13-16(21-22(24)25-26-23(31)29(21)28)7-6-15-10-18(32-2)12-19(11-15)33-3/h10-13,17H,8-9,14,24H2,1-3H3/p+1/t17-/m0/s1. The molecule has 1 aliphatic heterocycles. The Balaban J connectivity index is 1.78. The Kier molecular flexibility index (Phi) is 5.92. The molecular formula is C23H23N6O4+. The summed E-state index contributed by atoms with van der Waals surface area (Å²) in [6.45, 7) is 2.62. The number of carbonyl (C=O) groups is 1. The van der Waals surface area contributed by atoms with Crippen molar-refractivity contribution in [3.63, 3.8) is 0 Å². The lowest BCUT2D eigenvalue weighted by Crippen LogP contribution is -2.38. The minimum Gasteiger partial charge on any atom is -0.497 e. The number of ether oxygens (including phenoxy) is 2. The molecule has 2 aromatic heterocycles. The Morgan fingerprint density at radius 1 is 1.21 bits per heavy atom. The van der Waals surface area contributed by atoms with Crippen LogP contribution in [0.5, 0.6) is 17.5 Å². The van der Waals surface area contributed by atoms with Gasteiger partial charge in [-0.15, -0.1) is 0 Å². The zero-order chi connectivity index (χ0) is 23.5. The molecule has 1 aromatic carbocycles. The highest BCUT2D eigenvalue weighted by Gasteiger charge is 2.33. The van der Waals surface area contributed by atoms with Gasteiger partial charge in [0, 0.05) is 24.7 Å². The number of fused-ring (bicyclic) bond motifs is 1. The summed E-state index contributed by atoms with van der Waals surface area (Å²) < 4.78 is 13.9. The van der Waals surface area contributed by atoms with Gasteiger partial charge in [-0.1, -0.05) is 22.3 Å². The van der Waals surface area contributed by atoms with Crippen molar-refractivity contribution in [1.29, 1.82) is 0 Å². The van der Waals surface area contributed by atoms with E-state index in [1.807, 2.05) is 0 Å². The molecular weight excluding hydrogens is 424 g/mol. The van der Waals surface area contributed by atoms with Crippen LogP contribution in [0.1, 0.15) is 30.5 Å². The Hall–Kier alpha value is -4.44. The maximum absolute atomic E-state index is 12.2. The summed E-state index contributed by atoms with van der Waals surface area (Å²) in [6.07, 6.45) is 2.46. The summed E-state index contributed by atoms with van der Waals surface area (Å²) in [5.41, 5.74) is 7.77. The molecule has 10 heteroatoms. The van der Waals surface area contributed by atoms with E-state index in [4.69, 9.17) is 15.2 Å². The van der Waals surface area contributed by atoms with Gasteiger partial charge in [-0.25, -0.2) is 4.68 Å². The highest BCUT2D eigenvalue weighted by Crippen LogP contribution is 2.25. The van der Waals surface area contributed by atoms with Gasteiger partial charge in [-0.3, -0.25) is 4.79 Å². The van der Waals surface area contributed by atoms with Gasteiger partial charge in [-0.2, -0.15) is 0 Å². The quantitative estimate of drug-likeness (QED) is 0.444. The maximum Gasteiger partial charge on any atom is 0.545 e. The van der Waals surface area contributed by atoms with E-state index >= 15 is 0 Å². The SMILES string of the molecule is CC#CC(=O)N1CC[C@H](n2cc(C#Cc3cc(OC)cc(OC)c3)c3c(N)nnc(O)[n+]32)C1. The topological polar surface area (TPSA) is 120 Å². The fraction of sp³-hybridized carbons (Fsp3) is 0.304. The lowest BCUT2D eigenvalue weighted by molar-refractivity contribution is -0.624. The second-order valence-electron chi connectivity index (χ2n) is 7.39. The summed E-state index contributed by atoms with van der Waals surface area (Å²) in [5, 5.41) is 18.0. The van der Waals surface area contributed by atoms with E-state index in [0.717, 1.165) is 0 Å². The van der Waals surface area contributed by atoms with Gasteiger partial charge in [0.1, 0.15) is 16.6 Å². The third-order valence-electron chi connectivity index (χ3n) is 5.39. The highest BCUT2D eigenvalue weighted by molar-refractivity contribution is 5.93. The van der Waals surface area contributed by atoms with Gasteiger partial charge < -0.3 is 25.2 Å². The summed E-state index contributed by atoms with van der Waals surface area (Å²) in [6, 6.07) is 4.89. The lowest BCUT2D eigenvalue weighted by Gasteiger charge is -2.13. The predicted octanol–water partition coefficient (Wildman–Crippen LogP) is 0.518. The lowest BCUT2D eigenvalue weighted by atomic mass is 10.2. The van der Waals surface area contributed by atoms with Crippen LogP contribution in [0.15, 0.2) is 24.4 Å². The van der Waals surface area contributed by atoms with Crippen molar-refractivity contribution in [1.82, 2.24) is 19.8 Å². The molecule has 3 aromatic rings. The predicted molar refractivity (Wildman–Crippen MR) is 118 cm³/mol. The Morgan fingerprint density at radius 2 is 1.94 bits per heavy atom. The molecule has 1 saturated heterocycles. The Morgan fingerprint density at radius 3 is 2.61 bits per heavy atom. The highest BCUT2D eigenvalue weighted by atomic mass is 16.5. The minimum absolute atomic E-state index is 0.123. The van der Waals surface area contributed by atoms with Gasteiger partial charge in [-0.05, 0) is 36.5 Å². The normalized spacial score (nSPS) is 14.9. The first-order chi connectivity index (χ1) is 15.9. The van der Waals surface area contributed by atoms with Crippen LogP contribution in [0.2, 0.25) is 0 Å². The van der Waals surface area contributed by atoms with E-state index in [1.165, 1.54) is 4.52 Å². The molecule has 0 unspecified atom stereocenters.